The van der Waals surface area contributed by atoms with Crippen molar-refractivity contribution in [3.8, 4) is 0 Å². The number of benzene rings is 2. The van der Waals surface area contributed by atoms with Crippen molar-refractivity contribution in [2.24, 2.45) is 33.8 Å². The summed E-state index contributed by atoms with van der Waals surface area (Å²) >= 11 is 24.8. The van der Waals surface area contributed by atoms with Crippen molar-refractivity contribution in [3.05, 3.63) is 115 Å². The Kier molecular flexibility index (Phi) is 18.9. The number of amides is 2. The minimum atomic E-state index is -1.59. The number of anilines is 2. The number of aromatic nitrogens is 2. The molecule has 2 amide bonds. The number of halogens is 7. The van der Waals surface area contributed by atoms with Gasteiger partial charge >= 0.3 is 5.97 Å². The Morgan fingerprint density at radius 2 is 1.19 bits per heavy atom. The van der Waals surface area contributed by atoms with Crippen LogP contribution < -0.4 is 21.7 Å². The number of nitrogens with one attached hydrogen (secondary N) is 3. The molecule has 4 aromatic rings. The summed E-state index contributed by atoms with van der Waals surface area (Å²) in [7, 11) is 0. The molecule has 6 fully saturated rings. The standard InChI is InChI=1S/C32H37Cl2FN2O5.C24H24Cl2FN3O3.C7H15NO2.ClH/c1-29(2)8-10-30(11-9-29)15-21(24(39)13-18-5-7-31(41,17-38)42-16-18)25(20-6-12-36-27(34)26(20)35)32(30)22-4-3-19(33)14-23(22)37-28(32)40;1-22(2)6-8-23(9-7-22)24(14-4-3-12(25)11-15(14)29-21(24)33)16(18(30-23)20(31)32)13-5-10-28-19(26)17(13)27;8-6-1-3-7(10,5-9)4-2-6;/h3-4,6,12,14,18,21,25,38,41H,5,7-11,13,15-17H2,1-2H3,(H,37,40);3-5,10-11,16,18,30H,6-9H2,1-2H3,(H,29,33)(H,31,32);6,9-10H,1-5,8H2;1H/t18-,21-,25-,31+,32+;16-,18+,24?;;/m00../s1. The molecule has 23 heteroatoms. The van der Waals surface area contributed by atoms with Crippen molar-refractivity contribution < 1.29 is 58.2 Å². The van der Waals surface area contributed by atoms with Crippen molar-refractivity contribution in [2.45, 2.75) is 182 Å². The SMILES string of the molecule is CC1(C)CCC2(CC1)C[C@@H](C(=O)C[C@@H]1CC[C@](O)(CO)OC1)[C@H](c1ccnc(Cl)c1F)[C@]21C(=O)Nc2cc(Cl)ccc21.CC1(C)CCC2(CC1)N[C@@H](C(=O)O)[C@H](c1ccnc(Cl)c1F)C21C(=O)Nc2cc(Cl)ccc21.Cl.NC1CCC(O)(CO)CC1. The lowest BCUT2D eigenvalue weighted by Gasteiger charge is -2.51. The molecule has 4 aliphatic heterocycles. The topological polar surface area (TPSA) is 267 Å². The lowest BCUT2D eigenvalue weighted by molar-refractivity contribution is -0.253. The molecule has 12 rings (SSSR count). The number of carbonyl (C=O) groups is 4. The first kappa shape index (κ1) is 66.3. The number of ether oxygens (including phenoxy) is 1. The van der Waals surface area contributed by atoms with Crippen LogP contribution in [0, 0.1) is 39.7 Å². The monoisotopic (exact) mass is 1290 g/mol. The number of hydrogen-bond donors (Lipinski definition) is 9. The van der Waals surface area contributed by atoms with Crippen LogP contribution in [0.25, 0.3) is 0 Å². The van der Waals surface area contributed by atoms with Crippen LogP contribution in [0.5, 0.6) is 0 Å². The van der Waals surface area contributed by atoms with Crippen LogP contribution in [-0.4, -0.2) is 108 Å². The third-order valence-electron chi connectivity index (χ3n) is 21.0. The van der Waals surface area contributed by atoms with Crippen molar-refractivity contribution in [2.75, 3.05) is 30.5 Å². The third kappa shape index (κ3) is 11.5. The Labute approximate surface area is 525 Å². The second kappa shape index (κ2) is 24.6. The molecule has 6 heterocycles. The fraction of sp³-hybridized carbons (Fsp3) is 0.587. The predicted octanol–water partition coefficient (Wildman–Crippen LogP) is 11.1. The number of pyridine rings is 2. The fourth-order valence-corrected chi connectivity index (χ4v) is 16.8. The van der Waals surface area contributed by atoms with Gasteiger partial charge in [0.1, 0.15) is 17.2 Å². The van der Waals surface area contributed by atoms with E-state index in [0.717, 1.165) is 44.1 Å². The Morgan fingerprint density at radius 1 is 0.686 bits per heavy atom. The fourth-order valence-electron chi connectivity index (χ4n) is 16.1. The number of ketones is 1. The second-order valence-electron chi connectivity index (χ2n) is 27.0. The summed E-state index contributed by atoms with van der Waals surface area (Å²) in [6.07, 6.45) is 12.9. The molecule has 1 unspecified atom stereocenters. The van der Waals surface area contributed by atoms with Gasteiger partial charge in [-0.05, 0) is 171 Å². The second-order valence-corrected chi connectivity index (χ2v) is 28.6. The van der Waals surface area contributed by atoms with Crippen molar-refractivity contribution >= 4 is 93.8 Å². The van der Waals surface area contributed by atoms with Gasteiger partial charge in [-0.25, -0.2) is 18.7 Å². The van der Waals surface area contributed by atoms with Crippen LogP contribution in [0.3, 0.4) is 0 Å². The van der Waals surface area contributed by atoms with Gasteiger partial charge in [0.05, 0.1) is 30.8 Å². The van der Waals surface area contributed by atoms with Gasteiger partial charge in [0, 0.05) is 76.0 Å². The number of aliphatic carboxylic acids is 1. The van der Waals surface area contributed by atoms with Crippen LogP contribution in [0.2, 0.25) is 20.4 Å². The molecule has 4 saturated carbocycles. The summed E-state index contributed by atoms with van der Waals surface area (Å²) in [5.41, 5.74) is 3.65. The summed E-state index contributed by atoms with van der Waals surface area (Å²) in [5.74, 6) is -7.60. The lowest BCUT2D eigenvalue weighted by Crippen LogP contribution is -2.61. The first-order valence-electron chi connectivity index (χ1n) is 29.5. The van der Waals surface area contributed by atoms with E-state index >= 15 is 8.78 Å². The first-order chi connectivity index (χ1) is 40.0. The van der Waals surface area contributed by atoms with E-state index in [1.807, 2.05) is 6.07 Å². The Balaban J connectivity index is 0.000000178. The Hall–Kier alpha value is -4.15. The summed E-state index contributed by atoms with van der Waals surface area (Å²) in [6, 6.07) is 12.5. The highest BCUT2D eigenvalue weighted by atomic mass is 35.5. The number of nitrogens with zero attached hydrogens (tertiary/aromatic N) is 2. The van der Waals surface area contributed by atoms with Gasteiger partial charge in [0.25, 0.3) is 0 Å². The quantitative estimate of drug-likeness (QED) is 0.0743. The molecule has 0 bridgehead atoms. The maximum Gasteiger partial charge on any atom is 0.321 e. The number of carboxylic acid groups (broad SMARTS) is 1. The van der Waals surface area contributed by atoms with Crippen molar-refractivity contribution in [1.29, 1.82) is 0 Å². The number of carboxylic acids is 1. The van der Waals surface area contributed by atoms with Crippen LogP contribution in [0.1, 0.15) is 165 Å². The molecule has 2 aromatic heterocycles. The van der Waals surface area contributed by atoms with E-state index in [9.17, 15) is 39.6 Å². The Morgan fingerprint density at radius 3 is 1.67 bits per heavy atom. The average molecular weight is 1290 g/mol. The first-order valence-corrected chi connectivity index (χ1v) is 31.0. The molecule has 2 saturated heterocycles. The van der Waals surface area contributed by atoms with Crippen LogP contribution in [0.4, 0.5) is 20.2 Å². The molecule has 16 nitrogen and oxygen atoms in total. The van der Waals surface area contributed by atoms with Gasteiger partial charge in [0.15, 0.2) is 27.7 Å². The highest BCUT2D eigenvalue weighted by Crippen LogP contribution is 2.73. The molecular formula is C63H77Cl5F2N6O10. The van der Waals surface area contributed by atoms with Gasteiger partial charge in [-0.3, -0.25) is 24.5 Å². The molecule has 8 aliphatic rings. The summed E-state index contributed by atoms with van der Waals surface area (Å²) in [4.78, 5) is 63.2. The number of carbonyl (C=O) groups excluding carboxylic acids is 3. The van der Waals surface area contributed by atoms with Crippen LogP contribution in [-0.2, 0) is 34.7 Å². The molecule has 8 atom stereocenters. The number of aliphatic hydroxyl groups is 4. The minimum absolute atomic E-state index is 0. The predicted molar refractivity (Wildman–Crippen MR) is 326 cm³/mol. The molecule has 4 spiro atoms. The van der Waals surface area contributed by atoms with Crippen molar-refractivity contribution in [3.63, 3.8) is 0 Å². The average Bonchev–Trinajstić information content (AvgIpc) is 1.52. The van der Waals surface area contributed by atoms with E-state index in [1.54, 1.807) is 36.4 Å². The number of aliphatic hydroxyl groups excluding tert-OH is 2. The van der Waals surface area contributed by atoms with Gasteiger partial charge < -0.3 is 46.6 Å². The molecule has 0 radical (unpaired) electrons. The van der Waals surface area contributed by atoms with E-state index in [2.05, 4.69) is 53.6 Å². The highest BCUT2D eigenvalue weighted by molar-refractivity contribution is 6.32. The summed E-state index contributed by atoms with van der Waals surface area (Å²) < 4.78 is 37.0. The van der Waals surface area contributed by atoms with Gasteiger partial charge in [0.2, 0.25) is 11.8 Å². The molecule has 10 N–H and O–H groups in total. The molecular weight excluding hydrogens is 1220 g/mol. The van der Waals surface area contributed by atoms with Crippen molar-refractivity contribution in [1.82, 2.24) is 15.3 Å². The number of Topliss-reactive ketones (excluding diaryl/α,β-unsaturated/α-hetero) is 1. The van der Waals surface area contributed by atoms with Gasteiger partial charge in [-0.2, -0.15) is 0 Å². The summed E-state index contributed by atoms with van der Waals surface area (Å²) in [5, 5.41) is 57.9. The third-order valence-corrected chi connectivity index (χ3v) is 22.0. The zero-order valence-corrected chi connectivity index (χ0v) is 52.4. The van der Waals surface area contributed by atoms with Gasteiger partial charge in [-0.1, -0.05) is 86.2 Å². The zero-order chi connectivity index (χ0) is 61.5. The summed E-state index contributed by atoms with van der Waals surface area (Å²) in [6.45, 7) is 8.27. The Bertz CT molecular complexity index is 3250. The number of fused-ring (bicyclic) bond motifs is 6. The van der Waals surface area contributed by atoms with E-state index in [1.165, 1.54) is 18.5 Å². The molecule has 86 heavy (non-hydrogen) atoms. The van der Waals surface area contributed by atoms with Gasteiger partial charge in [-0.15, -0.1) is 12.4 Å². The van der Waals surface area contributed by atoms with E-state index in [4.69, 9.17) is 62.0 Å². The number of rotatable bonds is 8. The molecule has 4 aliphatic carbocycles. The van der Waals surface area contributed by atoms with E-state index < -0.39 is 81.2 Å². The minimum Gasteiger partial charge on any atom is -0.480 e. The normalized spacial score (nSPS) is 32.3. The molecule has 2 aromatic carbocycles. The van der Waals surface area contributed by atoms with Crippen LogP contribution in [0.15, 0.2) is 60.9 Å². The van der Waals surface area contributed by atoms with E-state index in [-0.39, 0.29) is 100 Å². The molecule has 468 valence electrons. The lowest BCUT2D eigenvalue weighted by atomic mass is 9.51. The highest BCUT2D eigenvalue weighted by Gasteiger charge is 2.74. The zero-order valence-electron chi connectivity index (χ0n) is 48.6. The number of hydrogen-bond acceptors (Lipinski definition) is 13. The smallest absolute Gasteiger partial charge is 0.321 e. The number of nitrogens with two attached hydrogens (primary N) is 1. The van der Waals surface area contributed by atoms with E-state index in [0.29, 0.717) is 78.4 Å². The van der Waals surface area contributed by atoms with Crippen LogP contribution >= 0.6 is 58.8 Å². The maximum absolute atomic E-state index is 16.0. The largest absolute Gasteiger partial charge is 0.480 e. The maximum atomic E-state index is 16.0.